The lowest BCUT2D eigenvalue weighted by atomic mass is 10.0. The fourth-order valence-corrected chi connectivity index (χ4v) is 5.48. The molecular formula is C23H25N5OS2. The zero-order valence-corrected chi connectivity index (χ0v) is 19.9. The highest BCUT2D eigenvalue weighted by molar-refractivity contribution is 8.45. The van der Waals surface area contributed by atoms with E-state index in [-0.39, 0.29) is 11.4 Å². The highest BCUT2D eigenvalue weighted by Gasteiger charge is 2.35. The number of nitrogens with one attached hydrogen (secondary N) is 1. The number of nitrogens with zero attached hydrogens (tertiary/aromatic N) is 4. The van der Waals surface area contributed by atoms with E-state index in [9.17, 15) is 4.79 Å². The monoisotopic (exact) mass is 451 g/mol. The average Bonchev–Trinajstić information content (AvgIpc) is 3.25. The number of amidine groups is 2. The molecule has 160 valence electrons. The Hall–Kier alpha value is -2.58. The summed E-state index contributed by atoms with van der Waals surface area (Å²) in [6.45, 7) is 10.5. The number of benzene rings is 1. The molecule has 2 aliphatic rings. The van der Waals surface area contributed by atoms with Crippen molar-refractivity contribution < 1.29 is 4.79 Å². The van der Waals surface area contributed by atoms with Gasteiger partial charge < -0.3 is 4.57 Å². The maximum Gasteiger partial charge on any atom is 0.283 e. The van der Waals surface area contributed by atoms with E-state index in [2.05, 4.69) is 52.8 Å². The van der Waals surface area contributed by atoms with Gasteiger partial charge in [-0.3, -0.25) is 10.2 Å². The normalized spacial score (nSPS) is 17.5. The number of aryl methyl sites for hydroxylation is 1. The Kier molecular flexibility index (Phi) is 5.94. The summed E-state index contributed by atoms with van der Waals surface area (Å²) in [6.07, 6.45) is 1.76. The molecule has 0 atom stereocenters. The van der Waals surface area contributed by atoms with E-state index in [1.54, 1.807) is 17.8 Å². The SMILES string of the molecule is CCSC1=NN2C(=N)/C(=C\c3cc(C)n(-c4ccc(C(C)C)cc4)c3C)C(=O)N=C2S1. The fraction of sp³-hybridized carbons (Fsp3) is 0.304. The van der Waals surface area contributed by atoms with Crippen LogP contribution in [-0.2, 0) is 4.79 Å². The smallest absolute Gasteiger partial charge is 0.283 e. The van der Waals surface area contributed by atoms with Gasteiger partial charge in [0.2, 0.25) is 5.17 Å². The maximum absolute atomic E-state index is 12.7. The summed E-state index contributed by atoms with van der Waals surface area (Å²) >= 11 is 2.92. The second-order valence-corrected chi connectivity index (χ2v) is 10.2. The van der Waals surface area contributed by atoms with Gasteiger partial charge >= 0.3 is 0 Å². The van der Waals surface area contributed by atoms with Gasteiger partial charge in [-0.1, -0.05) is 44.7 Å². The van der Waals surface area contributed by atoms with E-state index >= 15 is 0 Å². The quantitative estimate of drug-likeness (QED) is 0.619. The number of hydrazone groups is 1. The van der Waals surface area contributed by atoms with Gasteiger partial charge in [0.15, 0.2) is 10.2 Å². The van der Waals surface area contributed by atoms with Crippen LogP contribution in [0.3, 0.4) is 0 Å². The van der Waals surface area contributed by atoms with Gasteiger partial charge in [0.25, 0.3) is 5.91 Å². The third-order valence-electron chi connectivity index (χ3n) is 5.29. The van der Waals surface area contributed by atoms with Gasteiger partial charge in [0.1, 0.15) is 0 Å². The first-order valence-corrected chi connectivity index (χ1v) is 12.0. The summed E-state index contributed by atoms with van der Waals surface area (Å²) in [5, 5.41) is 14.9. The van der Waals surface area contributed by atoms with Crippen LogP contribution in [0.25, 0.3) is 11.8 Å². The molecule has 0 bridgehead atoms. The van der Waals surface area contributed by atoms with Gasteiger partial charge in [-0.2, -0.15) is 10.0 Å². The molecule has 31 heavy (non-hydrogen) atoms. The molecule has 8 heteroatoms. The molecule has 1 amide bonds. The molecule has 1 N–H and O–H groups in total. The standard InChI is InChI=1S/C23H25N5OS2/c1-6-30-23-26-28-20(24)19(21(29)25-22(28)31-23)12-17-11-14(4)27(15(17)5)18-9-7-16(8-10-18)13(2)3/h7-13,24H,6H2,1-5H3/b19-12+,24-20?. The first kappa shape index (κ1) is 21.6. The summed E-state index contributed by atoms with van der Waals surface area (Å²) < 4.78 is 2.98. The zero-order valence-electron chi connectivity index (χ0n) is 18.3. The molecule has 4 rings (SSSR count). The van der Waals surface area contributed by atoms with E-state index in [1.165, 1.54) is 22.3 Å². The van der Waals surface area contributed by atoms with Gasteiger partial charge in [-0.25, -0.2) is 0 Å². The van der Waals surface area contributed by atoms with Crippen molar-refractivity contribution in [3.8, 4) is 5.69 Å². The second-order valence-electron chi connectivity index (χ2n) is 7.73. The summed E-state index contributed by atoms with van der Waals surface area (Å²) in [7, 11) is 0. The van der Waals surface area contributed by atoms with Crippen LogP contribution in [0.4, 0.5) is 0 Å². The number of rotatable bonds is 4. The van der Waals surface area contributed by atoms with Crippen LogP contribution in [-0.4, -0.2) is 36.6 Å². The molecule has 0 unspecified atom stereocenters. The van der Waals surface area contributed by atoms with E-state index < -0.39 is 5.91 Å². The van der Waals surface area contributed by atoms with Crippen molar-refractivity contribution >= 4 is 50.9 Å². The van der Waals surface area contributed by atoms with Crippen LogP contribution >= 0.6 is 23.5 Å². The minimum atomic E-state index is -0.396. The van der Waals surface area contributed by atoms with E-state index in [4.69, 9.17) is 5.41 Å². The third-order valence-corrected chi connectivity index (χ3v) is 7.22. The number of amides is 1. The molecule has 0 fully saturated rings. The Morgan fingerprint density at radius 1 is 1.23 bits per heavy atom. The van der Waals surface area contributed by atoms with Crippen LogP contribution in [0.2, 0.25) is 0 Å². The van der Waals surface area contributed by atoms with Gasteiger partial charge in [0.05, 0.1) is 5.57 Å². The van der Waals surface area contributed by atoms with Crippen LogP contribution in [0.15, 0.2) is 46.0 Å². The highest BCUT2D eigenvalue weighted by atomic mass is 32.2. The molecule has 6 nitrogen and oxygen atoms in total. The summed E-state index contributed by atoms with van der Waals surface area (Å²) in [6, 6.07) is 10.6. The van der Waals surface area contributed by atoms with Crippen LogP contribution in [0, 0.1) is 19.3 Å². The number of fused-ring (bicyclic) bond motifs is 1. The highest BCUT2D eigenvalue weighted by Crippen LogP contribution is 2.33. The number of hydrogen-bond donors (Lipinski definition) is 1. The molecule has 0 spiro atoms. The first-order valence-electron chi connectivity index (χ1n) is 10.2. The fourth-order valence-electron chi connectivity index (χ4n) is 3.65. The van der Waals surface area contributed by atoms with Crippen molar-refractivity contribution in [3.63, 3.8) is 0 Å². The van der Waals surface area contributed by atoms with Crippen molar-refractivity contribution in [2.24, 2.45) is 10.1 Å². The molecule has 0 saturated heterocycles. The summed E-state index contributed by atoms with van der Waals surface area (Å²) in [5.41, 5.74) is 5.61. The minimum Gasteiger partial charge on any atom is -0.318 e. The van der Waals surface area contributed by atoms with E-state index in [1.807, 2.05) is 26.8 Å². The number of aromatic nitrogens is 1. The van der Waals surface area contributed by atoms with Crippen LogP contribution in [0.5, 0.6) is 0 Å². The molecule has 3 heterocycles. The van der Waals surface area contributed by atoms with Crippen LogP contribution in [0.1, 0.15) is 49.2 Å². The third kappa shape index (κ3) is 4.02. The number of carbonyl (C=O) groups excluding carboxylic acids is 1. The topological polar surface area (TPSA) is 73.8 Å². The maximum atomic E-state index is 12.7. The lowest BCUT2D eigenvalue weighted by Crippen LogP contribution is -2.35. The Bertz CT molecular complexity index is 1160. The lowest BCUT2D eigenvalue weighted by molar-refractivity contribution is -0.114. The van der Waals surface area contributed by atoms with Crippen LogP contribution < -0.4 is 0 Å². The van der Waals surface area contributed by atoms with Crippen molar-refractivity contribution in [1.29, 1.82) is 5.41 Å². The molecule has 0 radical (unpaired) electrons. The number of hydrogen-bond acceptors (Lipinski definition) is 5. The Morgan fingerprint density at radius 3 is 2.58 bits per heavy atom. The Balaban J connectivity index is 1.69. The Morgan fingerprint density at radius 2 is 1.94 bits per heavy atom. The summed E-state index contributed by atoms with van der Waals surface area (Å²) in [5.74, 6) is 1.03. The molecular weight excluding hydrogens is 426 g/mol. The predicted molar refractivity (Wildman–Crippen MR) is 132 cm³/mol. The molecule has 0 aliphatic carbocycles. The largest absolute Gasteiger partial charge is 0.318 e. The molecule has 1 aromatic heterocycles. The summed E-state index contributed by atoms with van der Waals surface area (Å²) in [4.78, 5) is 16.9. The number of aliphatic imine (C=N–C) groups is 1. The van der Waals surface area contributed by atoms with Crippen molar-refractivity contribution in [1.82, 2.24) is 9.58 Å². The van der Waals surface area contributed by atoms with Gasteiger partial charge in [-0.15, -0.1) is 5.10 Å². The van der Waals surface area contributed by atoms with Crippen molar-refractivity contribution in [2.75, 3.05) is 5.75 Å². The molecule has 1 aromatic carbocycles. The minimum absolute atomic E-state index is 0.0697. The second kappa shape index (κ2) is 8.51. The van der Waals surface area contributed by atoms with E-state index in [0.717, 1.165) is 32.8 Å². The van der Waals surface area contributed by atoms with Gasteiger partial charge in [0, 0.05) is 17.1 Å². The first-order chi connectivity index (χ1) is 14.8. The average molecular weight is 452 g/mol. The zero-order chi connectivity index (χ0) is 22.3. The Labute approximate surface area is 191 Å². The predicted octanol–water partition coefficient (Wildman–Crippen LogP) is 5.55. The molecule has 0 saturated carbocycles. The number of carbonyl (C=O) groups is 1. The lowest BCUT2D eigenvalue weighted by Gasteiger charge is -2.20. The number of thioether (sulfide) groups is 2. The van der Waals surface area contributed by atoms with E-state index in [0.29, 0.717) is 11.1 Å². The molecule has 2 aromatic rings. The van der Waals surface area contributed by atoms with Crippen molar-refractivity contribution in [3.05, 3.63) is 58.4 Å². The van der Waals surface area contributed by atoms with Gasteiger partial charge in [-0.05, 0) is 72.7 Å². The molecule has 2 aliphatic heterocycles. The van der Waals surface area contributed by atoms with Crippen molar-refractivity contribution in [2.45, 2.75) is 40.5 Å².